The molecule has 4 aliphatic carbocycles. The van der Waals surface area contributed by atoms with Gasteiger partial charge in [0.2, 0.25) is 6.29 Å². The fourth-order valence-corrected chi connectivity index (χ4v) is 11.9. The second kappa shape index (κ2) is 12.9. The number of fused-ring (bicyclic) bond motifs is 5. The molecule has 0 aromatic heterocycles. The number of carbonyl (C=O) groups excluding carboxylic acids is 1. The Labute approximate surface area is 284 Å². The van der Waals surface area contributed by atoms with Crippen LogP contribution in [-0.2, 0) is 14.3 Å². The Morgan fingerprint density at radius 1 is 0.875 bits per heavy atom. The zero-order valence-electron chi connectivity index (χ0n) is 29.7. The van der Waals surface area contributed by atoms with Gasteiger partial charge in [0.25, 0.3) is 0 Å². The van der Waals surface area contributed by atoms with Crippen molar-refractivity contribution >= 4 is 5.97 Å². The van der Waals surface area contributed by atoms with E-state index >= 15 is 0 Å². The van der Waals surface area contributed by atoms with Crippen LogP contribution in [0.4, 0.5) is 0 Å². The van der Waals surface area contributed by atoms with E-state index in [1.807, 2.05) is 6.92 Å². The van der Waals surface area contributed by atoms with E-state index in [9.17, 15) is 50.8 Å². The molecule has 0 unspecified atom stereocenters. The summed E-state index contributed by atoms with van der Waals surface area (Å²) in [5, 5.41) is 95.6. The van der Waals surface area contributed by atoms with Gasteiger partial charge in [0.15, 0.2) is 0 Å². The maximum absolute atomic E-state index is 14.1. The van der Waals surface area contributed by atoms with E-state index in [0.29, 0.717) is 12.8 Å². The fraction of sp³-hybridized carbons (Fsp3) is 0.972. The number of carbonyl (C=O) groups is 1. The van der Waals surface area contributed by atoms with Crippen molar-refractivity contribution in [1.29, 1.82) is 0 Å². The molecule has 5 rings (SSSR count). The van der Waals surface area contributed by atoms with Crippen molar-refractivity contribution in [2.45, 2.75) is 161 Å². The van der Waals surface area contributed by atoms with Crippen LogP contribution < -0.4 is 0 Å². The van der Waals surface area contributed by atoms with Crippen molar-refractivity contribution in [2.24, 2.45) is 51.2 Å². The zero-order chi connectivity index (χ0) is 35.9. The number of ether oxygens (including phenoxy) is 2. The summed E-state index contributed by atoms with van der Waals surface area (Å²) >= 11 is 0. The van der Waals surface area contributed by atoms with Crippen molar-refractivity contribution in [3.05, 3.63) is 0 Å². The summed E-state index contributed by atoms with van der Waals surface area (Å²) in [6.07, 6.45) is -7.13. The monoisotopic (exact) mass is 686 g/mol. The van der Waals surface area contributed by atoms with Gasteiger partial charge in [-0.1, -0.05) is 27.7 Å². The predicted octanol–water partition coefficient (Wildman–Crippen LogP) is 0.845. The van der Waals surface area contributed by atoms with Crippen LogP contribution in [0.2, 0.25) is 0 Å². The third-order valence-electron chi connectivity index (χ3n) is 15.2. The van der Waals surface area contributed by atoms with E-state index in [2.05, 4.69) is 20.8 Å². The zero-order valence-corrected chi connectivity index (χ0v) is 29.7. The van der Waals surface area contributed by atoms with Crippen molar-refractivity contribution in [3.63, 3.8) is 0 Å². The highest BCUT2D eigenvalue weighted by Crippen LogP contribution is 2.74. The lowest BCUT2D eigenvalue weighted by Gasteiger charge is -2.68. The van der Waals surface area contributed by atoms with Gasteiger partial charge in [-0.25, -0.2) is 0 Å². The highest BCUT2D eigenvalue weighted by Gasteiger charge is 2.71. The van der Waals surface area contributed by atoms with E-state index in [1.165, 1.54) is 13.8 Å². The first kappa shape index (κ1) is 38.3. The number of hydrogen-bond donors (Lipinski definition) is 9. The molecular formula is C36H62O12. The molecule has 0 bridgehead atoms. The summed E-state index contributed by atoms with van der Waals surface area (Å²) in [7, 11) is 0. The van der Waals surface area contributed by atoms with Crippen LogP contribution in [0.3, 0.4) is 0 Å². The Morgan fingerprint density at radius 3 is 2.10 bits per heavy atom. The number of aliphatic hydroxyl groups is 9. The Balaban J connectivity index is 1.39. The molecule has 0 aromatic carbocycles. The van der Waals surface area contributed by atoms with Crippen LogP contribution in [0.5, 0.6) is 0 Å². The molecule has 48 heavy (non-hydrogen) atoms. The van der Waals surface area contributed by atoms with Gasteiger partial charge in [-0.05, 0) is 106 Å². The molecule has 5 fully saturated rings. The first-order valence-electron chi connectivity index (χ1n) is 18.1. The van der Waals surface area contributed by atoms with Gasteiger partial charge in [0, 0.05) is 11.8 Å². The molecule has 18 atom stereocenters. The molecule has 4 saturated carbocycles. The fourth-order valence-electron chi connectivity index (χ4n) is 11.9. The van der Waals surface area contributed by atoms with Crippen LogP contribution in [0.1, 0.15) is 99.8 Å². The van der Waals surface area contributed by atoms with Crippen LogP contribution in [-0.4, -0.2) is 119 Å². The van der Waals surface area contributed by atoms with Gasteiger partial charge in [-0.15, -0.1) is 0 Å². The number of hydrogen-bond acceptors (Lipinski definition) is 12. The molecule has 12 nitrogen and oxygen atoms in total. The van der Waals surface area contributed by atoms with E-state index in [4.69, 9.17) is 9.47 Å². The summed E-state index contributed by atoms with van der Waals surface area (Å²) in [6, 6.07) is 0. The molecule has 0 radical (unpaired) electrons. The highest BCUT2D eigenvalue weighted by molar-refractivity contribution is 5.78. The van der Waals surface area contributed by atoms with Gasteiger partial charge in [-0.2, -0.15) is 0 Å². The standard InChI is InChI=1S/C36H62O12/c1-17(14-21(38)29(44)32(2,3)46)18-10-12-34(5)19-8-9-23-35(6,20(19)11-13-33(18,34)4)24(39)15-25(40)36(23,7)31(45)48-30-28(43)27(42)26(41)22(16-37)47-30/h17-30,37-44,46H,8-16H2,1-7H3/t17-,18+,19+,20-,21+,22+,23-,24-,25+,26+,27-,28+,29+,30-,33+,34-,35+,36+/m1/s1. The molecule has 9 N–H and O–H groups in total. The molecule has 0 amide bonds. The van der Waals surface area contributed by atoms with Crippen LogP contribution in [0.15, 0.2) is 0 Å². The van der Waals surface area contributed by atoms with Crippen molar-refractivity contribution in [1.82, 2.24) is 0 Å². The lowest BCUT2D eigenvalue weighted by molar-refractivity contribution is -0.303. The second-order valence-electron chi connectivity index (χ2n) is 17.8. The van der Waals surface area contributed by atoms with Crippen LogP contribution in [0, 0.1) is 51.2 Å². The van der Waals surface area contributed by atoms with Crippen molar-refractivity contribution in [2.75, 3.05) is 6.61 Å². The van der Waals surface area contributed by atoms with Crippen LogP contribution in [0.25, 0.3) is 0 Å². The van der Waals surface area contributed by atoms with Gasteiger partial charge in [0.1, 0.15) is 30.5 Å². The molecule has 0 aromatic rings. The Morgan fingerprint density at radius 2 is 1.50 bits per heavy atom. The quantitative estimate of drug-likeness (QED) is 0.162. The normalized spacial score (nSPS) is 51.2. The van der Waals surface area contributed by atoms with E-state index < -0.39 is 90.0 Å². The number of aliphatic hydroxyl groups excluding tert-OH is 8. The average molecular weight is 687 g/mol. The lowest BCUT2D eigenvalue weighted by atomic mass is 9.37. The Kier molecular flexibility index (Phi) is 10.3. The van der Waals surface area contributed by atoms with E-state index in [1.54, 1.807) is 6.92 Å². The third kappa shape index (κ3) is 5.60. The summed E-state index contributed by atoms with van der Waals surface area (Å²) in [4.78, 5) is 14.1. The SMILES string of the molecule is C[C@H](C[C@H](O)[C@H](O)C(C)(C)O)[C@@H]1CC[C@]2(C)[C@H]3CC[C@H]4[C@](C)(C(=O)O[C@H]5O[C@@H](CO)[C@H](O)[C@@H](O)[C@@H]5O)[C@@H](O)C[C@@H](O)[C@@]4(C)[C@@H]3CC[C@@]12C. The smallest absolute Gasteiger partial charge is 0.317 e. The first-order valence-corrected chi connectivity index (χ1v) is 18.1. The maximum Gasteiger partial charge on any atom is 0.317 e. The van der Waals surface area contributed by atoms with Gasteiger partial charge in [-0.3, -0.25) is 4.79 Å². The summed E-state index contributed by atoms with van der Waals surface area (Å²) in [6.45, 7) is 12.9. The van der Waals surface area contributed by atoms with Gasteiger partial charge >= 0.3 is 5.97 Å². The minimum absolute atomic E-state index is 0.0361. The van der Waals surface area contributed by atoms with E-state index in [0.717, 1.165) is 32.1 Å². The maximum atomic E-state index is 14.1. The number of rotatable bonds is 8. The highest BCUT2D eigenvalue weighted by atomic mass is 16.7. The molecule has 1 saturated heterocycles. The number of esters is 1. The molecule has 12 heteroatoms. The molecule has 0 spiro atoms. The lowest BCUT2D eigenvalue weighted by Crippen LogP contribution is -2.68. The minimum atomic E-state index is -1.77. The molecular weight excluding hydrogens is 624 g/mol. The third-order valence-corrected chi connectivity index (χ3v) is 15.2. The largest absolute Gasteiger partial charge is 0.432 e. The van der Waals surface area contributed by atoms with E-state index in [-0.39, 0.29) is 40.9 Å². The van der Waals surface area contributed by atoms with Crippen molar-refractivity contribution < 1.29 is 60.2 Å². The van der Waals surface area contributed by atoms with Crippen LogP contribution >= 0.6 is 0 Å². The summed E-state index contributed by atoms with van der Waals surface area (Å²) < 4.78 is 11.1. The average Bonchev–Trinajstić information content (AvgIpc) is 3.30. The first-order chi connectivity index (χ1) is 22.1. The molecule has 278 valence electrons. The van der Waals surface area contributed by atoms with Gasteiger partial charge in [0.05, 0.1) is 35.9 Å². The second-order valence-corrected chi connectivity index (χ2v) is 17.8. The minimum Gasteiger partial charge on any atom is -0.432 e. The summed E-state index contributed by atoms with van der Waals surface area (Å²) in [5.41, 5.74) is -3.79. The van der Waals surface area contributed by atoms with Gasteiger partial charge < -0.3 is 55.4 Å². The topological polar surface area (TPSA) is 218 Å². The molecule has 5 aliphatic rings. The predicted molar refractivity (Wildman–Crippen MR) is 173 cm³/mol. The summed E-state index contributed by atoms with van der Waals surface area (Å²) in [5.74, 6) is -0.623. The molecule has 1 aliphatic heterocycles. The molecule has 1 heterocycles. The Hall–Kier alpha value is -0.930. The Bertz CT molecular complexity index is 1180. The van der Waals surface area contributed by atoms with Crippen molar-refractivity contribution in [3.8, 4) is 0 Å².